The van der Waals surface area contributed by atoms with Crippen molar-refractivity contribution < 1.29 is 0 Å². The second-order valence-electron chi connectivity index (χ2n) is 5.00. The van der Waals surface area contributed by atoms with E-state index in [4.69, 9.17) is 5.73 Å². The quantitative estimate of drug-likeness (QED) is 0.840. The van der Waals surface area contributed by atoms with Crippen molar-refractivity contribution in [3.05, 3.63) is 58.1 Å². The third-order valence-corrected chi connectivity index (χ3v) is 3.87. The highest BCUT2D eigenvalue weighted by Gasteiger charge is 2.12. The third-order valence-electron chi connectivity index (χ3n) is 3.87. The lowest BCUT2D eigenvalue weighted by molar-refractivity contribution is 1.07. The molecule has 2 aromatic carbocycles. The molecule has 94 valence electrons. The fourth-order valence-corrected chi connectivity index (χ4v) is 2.56. The molecule has 0 aliphatic carbocycles. The van der Waals surface area contributed by atoms with Crippen LogP contribution in [0.15, 0.2) is 30.3 Å². The molecule has 1 heteroatoms. The van der Waals surface area contributed by atoms with E-state index in [0.717, 1.165) is 0 Å². The zero-order valence-electron chi connectivity index (χ0n) is 11.7. The maximum Gasteiger partial charge on any atom is 0.0184 e. The van der Waals surface area contributed by atoms with E-state index < -0.39 is 0 Å². The molecule has 0 atom stereocenters. The van der Waals surface area contributed by atoms with Gasteiger partial charge in [-0.2, -0.15) is 0 Å². The van der Waals surface area contributed by atoms with Crippen LogP contribution in [0, 0.1) is 27.7 Å². The molecule has 0 radical (unpaired) electrons. The van der Waals surface area contributed by atoms with E-state index in [0.29, 0.717) is 6.54 Å². The molecule has 0 fully saturated rings. The Kier molecular flexibility index (Phi) is 3.53. The summed E-state index contributed by atoms with van der Waals surface area (Å²) in [6.45, 7) is 9.34. The third kappa shape index (κ3) is 2.06. The Morgan fingerprint density at radius 3 is 2.00 bits per heavy atom. The SMILES string of the molecule is Cc1cc(C)c(C)c(-c2ccccc2CN)c1C. The van der Waals surface area contributed by atoms with Gasteiger partial charge in [-0.1, -0.05) is 30.3 Å². The minimum Gasteiger partial charge on any atom is -0.326 e. The average Bonchev–Trinajstić information content (AvgIpc) is 2.37. The number of hydrogen-bond donors (Lipinski definition) is 1. The van der Waals surface area contributed by atoms with Gasteiger partial charge >= 0.3 is 0 Å². The Bertz CT molecular complexity index is 556. The molecule has 0 heterocycles. The summed E-state index contributed by atoms with van der Waals surface area (Å²) in [5.74, 6) is 0. The van der Waals surface area contributed by atoms with Gasteiger partial charge in [-0.25, -0.2) is 0 Å². The summed E-state index contributed by atoms with van der Waals surface area (Å²) in [5, 5.41) is 0. The first kappa shape index (κ1) is 12.8. The lowest BCUT2D eigenvalue weighted by Gasteiger charge is -2.17. The van der Waals surface area contributed by atoms with Crippen molar-refractivity contribution >= 4 is 0 Å². The predicted octanol–water partition coefficient (Wildman–Crippen LogP) is 4.05. The molecule has 1 nitrogen and oxygen atoms in total. The monoisotopic (exact) mass is 239 g/mol. The van der Waals surface area contributed by atoms with E-state index in [1.807, 2.05) is 0 Å². The Morgan fingerprint density at radius 1 is 0.889 bits per heavy atom. The highest BCUT2D eigenvalue weighted by Crippen LogP contribution is 2.33. The summed E-state index contributed by atoms with van der Waals surface area (Å²) in [6, 6.07) is 10.7. The summed E-state index contributed by atoms with van der Waals surface area (Å²) in [7, 11) is 0. The van der Waals surface area contributed by atoms with Crippen molar-refractivity contribution in [2.24, 2.45) is 5.73 Å². The molecule has 0 unspecified atom stereocenters. The van der Waals surface area contributed by atoms with Gasteiger partial charge in [-0.3, -0.25) is 0 Å². The first-order valence-corrected chi connectivity index (χ1v) is 6.42. The average molecular weight is 239 g/mol. The van der Waals surface area contributed by atoms with Gasteiger partial charge in [0.25, 0.3) is 0 Å². The fraction of sp³-hybridized carbons (Fsp3) is 0.294. The number of nitrogens with two attached hydrogens (primary N) is 1. The van der Waals surface area contributed by atoms with Crippen molar-refractivity contribution in [1.82, 2.24) is 0 Å². The summed E-state index contributed by atoms with van der Waals surface area (Å²) < 4.78 is 0. The molecule has 0 amide bonds. The Labute approximate surface area is 110 Å². The van der Waals surface area contributed by atoms with Gasteiger partial charge in [0.15, 0.2) is 0 Å². The molecule has 0 aliphatic heterocycles. The number of rotatable bonds is 2. The van der Waals surface area contributed by atoms with Crippen LogP contribution in [-0.2, 0) is 6.54 Å². The zero-order chi connectivity index (χ0) is 13.3. The molecule has 0 bridgehead atoms. The van der Waals surface area contributed by atoms with Crippen LogP contribution in [0.4, 0.5) is 0 Å². The van der Waals surface area contributed by atoms with E-state index in [2.05, 4.69) is 58.0 Å². The first-order chi connectivity index (χ1) is 8.56. The lowest BCUT2D eigenvalue weighted by Crippen LogP contribution is -2.02. The largest absolute Gasteiger partial charge is 0.326 e. The number of benzene rings is 2. The van der Waals surface area contributed by atoms with Crippen molar-refractivity contribution in [2.75, 3.05) is 0 Å². The minimum absolute atomic E-state index is 0.585. The lowest BCUT2D eigenvalue weighted by atomic mass is 9.87. The molecular formula is C17H21N. The van der Waals surface area contributed by atoms with Crippen LogP contribution >= 0.6 is 0 Å². The van der Waals surface area contributed by atoms with Gasteiger partial charge in [-0.05, 0) is 66.6 Å². The molecule has 2 N–H and O–H groups in total. The molecule has 0 aromatic heterocycles. The van der Waals surface area contributed by atoms with Gasteiger partial charge < -0.3 is 5.73 Å². The highest BCUT2D eigenvalue weighted by molar-refractivity contribution is 5.75. The van der Waals surface area contributed by atoms with Gasteiger partial charge in [0.1, 0.15) is 0 Å². The minimum atomic E-state index is 0.585. The van der Waals surface area contributed by atoms with E-state index in [1.54, 1.807) is 0 Å². The second kappa shape index (κ2) is 4.95. The summed E-state index contributed by atoms with van der Waals surface area (Å²) >= 11 is 0. The van der Waals surface area contributed by atoms with Crippen molar-refractivity contribution in [3.8, 4) is 11.1 Å². The Balaban J connectivity index is 2.78. The summed E-state index contributed by atoms with van der Waals surface area (Å²) in [5.41, 5.74) is 15.1. The topological polar surface area (TPSA) is 26.0 Å². The molecular weight excluding hydrogens is 218 g/mol. The van der Waals surface area contributed by atoms with Gasteiger partial charge in [0.2, 0.25) is 0 Å². The van der Waals surface area contributed by atoms with Crippen molar-refractivity contribution in [3.63, 3.8) is 0 Å². The maximum absolute atomic E-state index is 5.86. The van der Waals surface area contributed by atoms with Crippen LogP contribution in [0.3, 0.4) is 0 Å². The Morgan fingerprint density at radius 2 is 1.44 bits per heavy atom. The highest BCUT2D eigenvalue weighted by atomic mass is 14.5. The van der Waals surface area contributed by atoms with Crippen LogP contribution in [-0.4, -0.2) is 0 Å². The van der Waals surface area contributed by atoms with Crippen LogP contribution in [0.1, 0.15) is 27.8 Å². The molecule has 0 aliphatic rings. The van der Waals surface area contributed by atoms with E-state index >= 15 is 0 Å². The van der Waals surface area contributed by atoms with E-state index in [9.17, 15) is 0 Å². The zero-order valence-corrected chi connectivity index (χ0v) is 11.7. The Hall–Kier alpha value is -1.60. The molecule has 2 aromatic rings. The molecule has 0 saturated carbocycles. The van der Waals surface area contributed by atoms with Crippen LogP contribution in [0.5, 0.6) is 0 Å². The van der Waals surface area contributed by atoms with Gasteiger partial charge in [0, 0.05) is 6.54 Å². The molecule has 18 heavy (non-hydrogen) atoms. The maximum atomic E-state index is 5.86. The van der Waals surface area contributed by atoms with E-state index in [-0.39, 0.29) is 0 Å². The normalized spacial score (nSPS) is 10.7. The van der Waals surface area contributed by atoms with Gasteiger partial charge in [-0.15, -0.1) is 0 Å². The fourth-order valence-electron chi connectivity index (χ4n) is 2.56. The van der Waals surface area contributed by atoms with E-state index in [1.165, 1.54) is 38.9 Å². The van der Waals surface area contributed by atoms with Crippen LogP contribution < -0.4 is 5.73 Å². The second-order valence-corrected chi connectivity index (χ2v) is 5.00. The molecule has 2 rings (SSSR count). The van der Waals surface area contributed by atoms with Crippen molar-refractivity contribution in [1.29, 1.82) is 0 Å². The number of hydrogen-bond acceptors (Lipinski definition) is 1. The standard InChI is InChI=1S/C17H21N/c1-11-9-12(2)14(4)17(13(11)3)16-8-6-5-7-15(16)10-18/h5-9H,10,18H2,1-4H3. The van der Waals surface area contributed by atoms with Crippen LogP contribution in [0.2, 0.25) is 0 Å². The van der Waals surface area contributed by atoms with Crippen LogP contribution in [0.25, 0.3) is 11.1 Å². The summed E-state index contributed by atoms with van der Waals surface area (Å²) in [6.07, 6.45) is 0. The molecule has 0 spiro atoms. The van der Waals surface area contributed by atoms with Gasteiger partial charge in [0.05, 0.1) is 0 Å². The molecule has 0 saturated heterocycles. The first-order valence-electron chi connectivity index (χ1n) is 6.42. The number of aryl methyl sites for hydroxylation is 2. The van der Waals surface area contributed by atoms with Crippen molar-refractivity contribution in [2.45, 2.75) is 34.2 Å². The smallest absolute Gasteiger partial charge is 0.0184 e. The summed E-state index contributed by atoms with van der Waals surface area (Å²) in [4.78, 5) is 0. The predicted molar refractivity (Wildman–Crippen MR) is 78.7 cm³/mol.